The van der Waals surface area contributed by atoms with Crippen LogP contribution in [0.3, 0.4) is 0 Å². The van der Waals surface area contributed by atoms with E-state index < -0.39 is 23.8 Å². The van der Waals surface area contributed by atoms with Crippen molar-refractivity contribution in [2.75, 3.05) is 31.2 Å². The third-order valence-corrected chi connectivity index (χ3v) is 8.79. The van der Waals surface area contributed by atoms with Gasteiger partial charge in [-0.05, 0) is 83.7 Å². The van der Waals surface area contributed by atoms with Crippen molar-refractivity contribution in [2.45, 2.75) is 78.0 Å². The van der Waals surface area contributed by atoms with E-state index in [-0.39, 0.29) is 30.2 Å². The van der Waals surface area contributed by atoms with Crippen molar-refractivity contribution >= 4 is 23.7 Å². The fourth-order valence-corrected chi connectivity index (χ4v) is 5.97. The van der Waals surface area contributed by atoms with Crippen LogP contribution >= 0.6 is 0 Å². The van der Waals surface area contributed by atoms with Crippen LogP contribution in [0.2, 0.25) is 0 Å². The fraction of sp³-hybridized carbons (Fsp3) is 0.457. The van der Waals surface area contributed by atoms with Gasteiger partial charge in [-0.2, -0.15) is 0 Å². The van der Waals surface area contributed by atoms with E-state index in [4.69, 9.17) is 14.2 Å². The lowest BCUT2D eigenvalue weighted by Crippen LogP contribution is -2.49. The zero-order valence-electron chi connectivity index (χ0n) is 26.4. The summed E-state index contributed by atoms with van der Waals surface area (Å²) in [5, 5.41) is 20.7. The number of anilines is 1. The van der Waals surface area contributed by atoms with Gasteiger partial charge in [0.05, 0.1) is 37.0 Å². The van der Waals surface area contributed by atoms with Gasteiger partial charge in [0.25, 0.3) is 5.91 Å². The topological polar surface area (TPSA) is 126 Å². The van der Waals surface area contributed by atoms with Gasteiger partial charge in [0, 0.05) is 36.3 Å². The van der Waals surface area contributed by atoms with E-state index in [1.165, 1.54) is 23.3 Å². The fourth-order valence-electron chi connectivity index (χ4n) is 5.97. The standard InChI is InChI=1S/C35H42N2O8/c1-22(2)7-5-8-23(3)9-6-14-35(4)30(38)20-27-29(44-34(42)36-15-17-43-18-16-36)19-26-28(31(27)45-35)21-37(32(26)39)25-12-10-24(11-13-25)33(40)41/h7,9-13,19,30,38H,5-6,8,14-18,20-21H2,1-4H3,(H,40,41)/b23-9+/t30-,35+/m0/s1. The van der Waals surface area contributed by atoms with Gasteiger partial charge in [0.1, 0.15) is 17.1 Å². The molecule has 2 aromatic rings. The molecule has 2 amide bonds. The molecule has 0 radical (unpaired) electrons. The van der Waals surface area contributed by atoms with Crippen molar-refractivity contribution < 1.29 is 38.8 Å². The summed E-state index contributed by atoms with van der Waals surface area (Å²) in [6.07, 6.45) is 6.37. The molecule has 10 nitrogen and oxygen atoms in total. The molecule has 0 aliphatic carbocycles. The highest BCUT2D eigenvalue weighted by atomic mass is 16.6. The number of carboxylic acids is 1. The second-order valence-corrected chi connectivity index (χ2v) is 12.5. The molecule has 2 aromatic carbocycles. The van der Waals surface area contributed by atoms with Gasteiger partial charge in [-0.1, -0.05) is 23.3 Å². The molecule has 2 N–H and O–H groups in total. The number of allylic oxidation sites excluding steroid dienone is 4. The number of rotatable bonds is 9. The smallest absolute Gasteiger partial charge is 0.415 e. The summed E-state index contributed by atoms with van der Waals surface area (Å²) in [7, 11) is 0. The predicted molar refractivity (Wildman–Crippen MR) is 169 cm³/mol. The Balaban J connectivity index is 1.45. The van der Waals surface area contributed by atoms with Gasteiger partial charge in [-0.15, -0.1) is 0 Å². The number of hydrogen-bond donors (Lipinski definition) is 2. The van der Waals surface area contributed by atoms with Gasteiger partial charge < -0.3 is 34.2 Å². The van der Waals surface area contributed by atoms with Gasteiger partial charge in [0.2, 0.25) is 0 Å². The molecular formula is C35H42N2O8. The first-order valence-corrected chi connectivity index (χ1v) is 15.5. The Kier molecular flexibility index (Phi) is 9.65. The molecule has 3 heterocycles. The molecule has 2 atom stereocenters. The van der Waals surface area contributed by atoms with E-state index in [1.807, 2.05) is 6.92 Å². The maximum Gasteiger partial charge on any atom is 0.415 e. The van der Waals surface area contributed by atoms with E-state index in [2.05, 4.69) is 32.9 Å². The van der Waals surface area contributed by atoms with Crippen molar-refractivity contribution in [3.8, 4) is 11.5 Å². The summed E-state index contributed by atoms with van der Waals surface area (Å²) in [6, 6.07) is 7.67. The number of aliphatic hydroxyl groups is 1. The summed E-state index contributed by atoms with van der Waals surface area (Å²) in [6.45, 7) is 9.97. The van der Waals surface area contributed by atoms with Gasteiger partial charge in [0.15, 0.2) is 0 Å². The SMILES string of the molecule is CC(C)=CCC/C(C)=C/CC[C@@]1(C)Oc2c(c(OC(=O)N3CCOCC3)cc3c2CN(c2ccc(C(=O)O)cc2)C3=O)C[C@@H]1O. The molecule has 1 fully saturated rings. The number of amides is 2. The lowest BCUT2D eigenvalue weighted by molar-refractivity contribution is -0.0597. The van der Waals surface area contributed by atoms with Crippen LogP contribution in [-0.2, 0) is 17.7 Å². The first-order chi connectivity index (χ1) is 21.5. The van der Waals surface area contributed by atoms with Gasteiger partial charge in [-0.25, -0.2) is 9.59 Å². The van der Waals surface area contributed by atoms with Gasteiger partial charge >= 0.3 is 12.1 Å². The van der Waals surface area contributed by atoms with Crippen LogP contribution in [0.15, 0.2) is 53.6 Å². The zero-order chi connectivity index (χ0) is 32.3. The van der Waals surface area contributed by atoms with Crippen molar-refractivity contribution in [1.29, 1.82) is 0 Å². The second-order valence-electron chi connectivity index (χ2n) is 12.5. The molecule has 10 heteroatoms. The lowest BCUT2D eigenvalue weighted by atomic mass is 9.84. The highest BCUT2D eigenvalue weighted by Gasteiger charge is 2.45. The summed E-state index contributed by atoms with van der Waals surface area (Å²) in [4.78, 5) is 41.4. The summed E-state index contributed by atoms with van der Waals surface area (Å²) in [5.74, 6) is -0.728. The minimum absolute atomic E-state index is 0.118. The molecule has 3 aliphatic heterocycles. The molecule has 45 heavy (non-hydrogen) atoms. The van der Waals surface area contributed by atoms with E-state index >= 15 is 0 Å². The predicted octanol–water partition coefficient (Wildman–Crippen LogP) is 5.90. The summed E-state index contributed by atoms with van der Waals surface area (Å²) >= 11 is 0. The number of carbonyl (C=O) groups is 3. The Morgan fingerprint density at radius 2 is 1.78 bits per heavy atom. The van der Waals surface area contributed by atoms with Crippen LogP contribution in [-0.4, -0.2) is 71.1 Å². The van der Waals surface area contributed by atoms with Crippen molar-refractivity contribution in [3.63, 3.8) is 0 Å². The zero-order valence-corrected chi connectivity index (χ0v) is 26.4. The molecular weight excluding hydrogens is 576 g/mol. The average molecular weight is 619 g/mol. The quantitative estimate of drug-likeness (QED) is 0.333. The summed E-state index contributed by atoms with van der Waals surface area (Å²) < 4.78 is 17.9. The molecule has 0 bridgehead atoms. The Morgan fingerprint density at radius 3 is 2.44 bits per heavy atom. The number of hydrogen-bond acceptors (Lipinski definition) is 7. The molecule has 1 saturated heterocycles. The van der Waals surface area contributed by atoms with Crippen LogP contribution in [0.5, 0.6) is 11.5 Å². The van der Waals surface area contributed by atoms with Crippen molar-refractivity contribution in [3.05, 3.63) is 75.9 Å². The Morgan fingerprint density at radius 1 is 1.07 bits per heavy atom. The molecule has 0 spiro atoms. The molecule has 0 aromatic heterocycles. The van der Waals surface area contributed by atoms with Gasteiger partial charge in [-0.3, -0.25) is 4.79 Å². The van der Waals surface area contributed by atoms with Crippen molar-refractivity contribution in [2.24, 2.45) is 0 Å². The third kappa shape index (κ3) is 7.07. The minimum atomic E-state index is -1.05. The Bertz CT molecular complexity index is 1520. The van der Waals surface area contributed by atoms with Crippen LogP contribution in [0.25, 0.3) is 0 Å². The Labute approximate surface area is 263 Å². The van der Waals surface area contributed by atoms with E-state index in [0.29, 0.717) is 67.3 Å². The highest BCUT2D eigenvalue weighted by molar-refractivity contribution is 6.11. The van der Waals surface area contributed by atoms with E-state index in [1.54, 1.807) is 28.0 Å². The molecule has 240 valence electrons. The average Bonchev–Trinajstić information content (AvgIpc) is 3.34. The van der Waals surface area contributed by atoms with Crippen LogP contribution in [0, 0.1) is 0 Å². The summed E-state index contributed by atoms with van der Waals surface area (Å²) in [5.41, 5.74) is 3.82. The second kappa shape index (κ2) is 13.5. The number of aromatic carboxylic acids is 1. The van der Waals surface area contributed by atoms with Crippen LogP contribution < -0.4 is 14.4 Å². The monoisotopic (exact) mass is 618 g/mol. The number of morpholine rings is 1. The number of ether oxygens (including phenoxy) is 3. The van der Waals surface area contributed by atoms with Crippen LogP contribution in [0.4, 0.5) is 10.5 Å². The number of fused-ring (bicyclic) bond motifs is 3. The number of carboxylic acid groups (broad SMARTS) is 1. The molecule has 0 saturated carbocycles. The largest absolute Gasteiger partial charge is 0.484 e. The maximum absolute atomic E-state index is 13.8. The number of benzene rings is 2. The number of nitrogens with zero attached hydrogens (tertiary/aromatic N) is 2. The van der Waals surface area contributed by atoms with Crippen LogP contribution in [0.1, 0.15) is 85.2 Å². The Hall–Kier alpha value is -4.15. The number of carbonyl (C=O) groups excluding carboxylic acids is 2. The third-order valence-electron chi connectivity index (χ3n) is 8.79. The van der Waals surface area contributed by atoms with E-state index in [9.17, 15) is 24.6 Å². The minimum Gasteiger partial charge on any atom is -0.484 e. The molecule has 5 rings (SSSR count). The molecule has 3 aliphatic rings. The lowest BCUT2D eigenvalue weighted by Gasteiger charge is -2.41. The molecule has 0 unspecified atom stereocenters. The van der Waals surface area contributed by atoms with E-state index in [0.717, 1.165) is 12.8 Å². The highest BCUT2D eigenvalue weighted by Crippen LogP contribution is 2.47. The normalized spacial score (nSPS) is 21.1. The first-order valence-electron chi connectivity index (χ1n) is 15.5. The maximum atomic E-state index is 13.8. The number of aliphatic hydroxyl groups excluding tert-OH is 1. The first kappa shape index (κ1) is 32.2. The van der Waals surface area contributed by atoms with Crippen molar-refractivity contribution in [1.82, 2.24) is 4.90 Å².